The molecule has 4 nitrogen and oxygen atoms in total. The Morgan fingerprint density at radius 2 is 1.88 bits per heavy atom. The van der Waals surface area contributed by atoms with Crippen molar-refractivity contribution in [2.75, 3.05) is 6.61 Å². The van der Waals surface area contributed by atoms with Gasteiger partial charge in [-0.2, -0.15) is 0 Å². The summed E-state index contributed by atoms with van der Waals surface area (Å²) in [6.07, 6.45) is 1.34. The fourth-order valence-electron chi connectivity index (χ4n) is 2.37. The van der Waals surface area contributed by atoms with Crippen molar-refractivity contribution in [1.82, 2.24) is 0 Å². The van der Waals surface area contributed by atoms with Gasteiger partial charge >= 0.3 is 5.97 Å². The quantitative estimate of drug-likeness (QED) is 0.751. The van der Waals surface area contributed by atoms with Crippen LogP contribution in [0, 0.1) is 11.6 Å². The van der Waals surface area contributed by atoms with Gasteiger partial charge in [-0.15, -0.1) is 0 Å². The molecule has 0 radical (unpaired) electrons. The van der Waals surface area contributed by atoms with E-state index in [1.807, 2.05) is 0 Å². The standard InChI is InChI=1S/C19H18F2O4/c1-12(9-19(23)24)13-5-6-18(14(10-13)7-8-22)25-11-15-16(20)3-2-4-17(15)21/h2-6,9-10,22H,7-8,11H2,1H3,(H,23,24)/b12-9-. The lowest BCUT2D eigenvalue weighted by Crippen LogP contribution is -2.05. The molecule has 0 atom stereocenters. The number of benzene rings is 2. The number of hydrogen-bond donors (Lipinski definition) is 2. The normalized spacial score (nSPS) is 11.4. The molecule has 0 aliphatic carbocycles. The number of carbonyl (C=O) groups is 1. The zero-order valence-corrected chi connectivity index (χ0v) is 13.6. The molecule has 2 rings (SSSR count). The molecule has 0 aliphatic heterocycles. The molecule has 0 saturated carbocycles. The summed E-state index contributed by atoms with van der Waals surface area (Å²) >= 11 is 0. The number of carboxylic acids is 1. The molecule has 25 heavy (non-hydrogen) atoms. The van der Waals surface area contributed by atoms with E-state index < -0.39 is 17.6 Å². The highest BCUT2D eigenvalue weighted by atomic mass is 19.1. The van der Waals surface area contributed by atoms with Crippen molar-refractivity contribution in [2.24, 2.45) is 0 Å². The first-order valence-corrected chi connectivity index (χ1v) is 7.63. The van der Waals surface area contributed by atoms with E-state index in [2.05, 4.69) is 0 Å². The van der Waals surface area contributed by atoms with Crippen LogP contribution in [0.25, 0.3) is 5.57 Å². The Kier molecular flexibility index (Phi) is 6.25. The molecule has 2 aromatic carbocycles. The van der Waals surface area contributed by atoms with Crippen LogP contribution in [0.1, 0.15) is 23.6 Å². The Balaban J connectivity index is 2.27. The average molecular weight is 348 g/mol. The number of aliphatic carboxylic acids is 1. The number of aliphatic hydroxyl groups excluding tert-OH is 1. The number of rotatable bonds is 7. The second-order valence-corrected chi connectivity index (χ2v) is 5.45. The summed E-state index contributed by atoms with van der Waals surface area (Å²) < 4.78 is 32.9. The maximum atomic E-state index is 13.7. The van der Waals surface area contributed by atoms with Gasteiger partial charge < -0.3 is 14.9 Å². The predicted octanol–water partition coefficient (Wildman–Crippen LogP) is 3.57. The Labute approximate surface area is 144 Å². The third-order valence-corrected chi connectivity index (χ3v) is 3.67. The van der Waals surface area contributed by atoms with Crippen molar-refractivity contribution in [2.45, 2.75) is 20.0 Å². The second kappa shape index (κ2) is 8.39. The highest BCUT2D eigenvalue weighted by Crippen LogP contribution is 2.26. The third kappa shape index (κ3) is 4.87. The molecule has 2 N–H and O–H groups in total. The van der Waals surface area contributed by atoms with Gasteiger partial charge in [0.05, 0.1) is 5.56 Å². The summed E-state index contributed by atoms with van der Waals surface area (Å²) in [6.45, 7) is 1.22. The lowest BCUT2D eigenvalue weighted by atomic mass is 10.0. The summed E-state index contributed by atoms with van der Waals surface area (Å²) in [6, 6.07) is 8.52. The SMILES string of the molecule is C/C(=C/C(=O)O)c1ccc(OCc2c(F)cccc2F)c(CCO)c1. The molecule has 6 heteroatoms. The van der Waals surface area contributed by atoms with Crippen molar-refractivity contribution >= 4 is 11.5 Å². The maximum absolute atomic E-state index is 13.7. The number of halogens is 2. The molecule has 0 unspecified atom stereocenters. The lowest BCUT2D eigenvalue weighted by molar-refractivity contribution is -0.131. The Bertz CT molecular complexity index is 780. The zero-order valence-electron chi connectivity index (χ0n) is 13.6. The van der Waals surface area contributed by atoms with Gasteiger partial charge in [0.1, 0.15) is 24.0 Å². The molecule has 0 heterocycles. The first kappa shape index (κ1) is 18.6. The summed E-state index contributed by atoms with van der Waals surface area (Å²) in [7, 11) is 0. The molecule has 0 bridgehead atoms. The second-order valence-electron chi connectivity index (χ2n) is 5.45. The Morgan fingerprint density at radius 3 is 2.48 bits per heavy atom. The topological polar surface area (TPSA) is 66.8 Å². The van der Waals surface area contributed by atoms with E-state index in [0.717, 1.165) is 18.2 Å². The van der Waals surface area contributed by atoms with Gasteiger partial charge in [0.15, 0.2) is 0 Å². The number of ether oxygens (including phenoxy) is 1. The van der Waals surface area contributed by atoms with E-state index in [1.54, 1.807) is 25.1 Å². The number of hydrogen-bond acceptors (Lipinski definition) is 3. The van der Waals surface area contributed by atoms with E-state index in [0.29, 0.717) is 22.4 Å². The number of aliphatic hydroxyl groups is 1. The third-order valence-electron chi connectivity index (χ3n) is 3.67. The van der Waals surface area contributed by atoms with Crippen LogP contribution in [-0.2, 0) is 17.8 Å². The van der Waals surface area contributed by atoms with E-state index in [1.165, 1.54) is 6.07 Å². The van der Waals surface area contributed by atoms with Crippen LogP contribution in [0.5, 0.6) is 5.75 Å². The summed E-state index contributed by atoms with van der Waals surface area (Å²) in [5.74, 6) is -2.07. The summed E-state index contributed by atoms with van der Waals surface area (Å²) in [4.78, 5) is 10.8. The summed E-state index contributed by atoms with van der Waals surface area (Å²) in [5.41, 5.74) is 1.65. The molecule has 0 fully saturated rings. The Hall–Kier alpha value is -2.73. The van der Waals surface area contributed by atoms with Crippen molar-refractivity contribution in [3.8, 4) is 5.75 Å². The zero-order chi connectivity index (χ0) is 18.4. The molecule has 0 aromatic heterocycles. The summed E-state index contributed by atoms with van der Waals surface area (Å²) in [5, 5.41) is 18.0. The van der Waals surface area contributed by atoms with E-state index in [9.17, 15) is 18.7 Å². The fourth-order valence-corrected chi connectivity index (χ4v) is 2.37. The maximum Gasteiger partial charge on any atom is 0.328 e. The van der Waals surface area contributed by atoms with Crippen molar-refractivity contribution in [3.05, 3.63) is 70.8 Å². The Morgan fingerprint density at radius 1 is 1.20 bits per heavy atom. The monoisotopic (exact) mass is 348 g/mol. The molecule has 0 saturated heterocycles. The van der Waals surface area contributed by atoms with E-state index in [-0.39, 0.29) is 25.2 Å². The van der Waals surface area contributed by atoms with Crippen LogP contribution in [0.3, 0.4) is 0 Å². The predicted molar refractivity (Wildman–Crippen MR) is 89.2 cm³/mol. The molecule has 0 amide bonds. The molecule has 0 spiro atoms. The molecule has 2 aromatic rings. The van der Waals surface area contributed by atoms with Gasteiger partial charge in [0.2, 0.25) is 0 Å². The van der Waals surface area contributed by atoms with Crippen molar-refractivity contribution in [3.63, 3.8) is 0 Å². The largest absolute Gasteiger partial charge is 0.488 e. The van der Waals surface area contributed by atoms with Crippen LogP contribution >= 0.6 is 0 Å². The highest BCUT2D eigenvalue weighted by Gasteiger charge is 2.12. The van der Waals surface area contributed by atoms with E-state index in [4.69, 9.17) is 9.84 Å². The molecular formula is C19H18F2O4. The first-order valence-electron chi connectivity index (χ1n) is 7.63. The van der Waals surface area contributed by atoms with Gasteiger partial charge in [0, 0.05) is 12.7 Å². The van der Waals surface area contributed by atoms with E-state index >= 15 is 0 Å². The molecule has 132 valence electrons. The van der Waals surface area contributed by atoms with Crippen molar-refractivity contribution < 1.29 is 28.5 Å². The van der Waals surface area contributed by atoms with Crippen LogP contribution in [0.15, 0.2) is 42.5 Å². The molecule has 0 aliphatic rings. The minimum absolute atomic E-state index is 0.143. The van der Waals surface area contributed by atoms with Crippen LogP contribution < -0.4 is 4.74 Å². The van der Waals surface area contributed by atoms with Gasteiger partial charge in [-0.3, -0.25) is 0 Å². The first-order chi connectivity index (χ1) is 11.9. The fraction of sp³-hybridized carbons (Fsp3) is 0.211. The molecular weight excluding hydrogens is 330 g/mol. The van der Waals surface area contributed by atoms with Gasteiger partial charge in [0.25, 0.3) is 0 Å². The van der Waals surface area contributed by atoms with Gasteiger partial charge in [-0.05, 0) is 54.3 Å². The number of allylic oxidation sites excluding steroid dienone is 1. The van der Waals surface area contributed by atoms with Crippen LogP contribution in [-0.4, -0.2) is 22.8 Å². The van der Waals surface area contributed by atoms with Gasteiger partial charge in [-0.25, -0.2) is 13.6 Å². The van der Waals surface area contributed by atoms with Crippen LogP contribution in [0.2, 0.25) is 0 Å². The average Bonchev–Trinajstić information content (AvgIpc) is 2.55. The number of carboxylic acid groups (broad SMARTS) is 1. The van der Waals surface area contributed by atoms with Gasteiger partial charge in [-0.1, -0.05) is 12.1 Å². The minimum Gasteiger partial charge on any atom is -0.488 e. The lowest BCUT2D eigenvalue weighted by Gasteiger charge is -2.14. The highest BCUT2D eigenvalue weighted by molar-refractivity contribution is 5.89. The minimum atomic E-state index is -1.06. The van der Waals surface area contributed by atoms with Crippen molar-refractivity contribution in [1.29, 1.82) is 0 Å². The smallest absolute Gasteiger partial charge is 0.328 e. The van der Waals surface area contributed by atoms with Crippen LogP contribution in [0.4, 0.5) is 8.78 Å².